The summed E-state index contributed by atoms with van der Waals surface area (Å²) in [6.07, 6.45) is -0.00721. The number of hydrogen-bond donors (Lipinski definition) is 1. The Kier molecular flexibility index (Phi) is 4.99. The summed E-state index contributed by atoms with van der Waals surface area (Å²) in [6.45, 7) is 10.9. The first-order valence-electron chi connectivity index (χ1n) is 9.25. The Labute approximate surface area is 159 Å². The van der Waals surface area contributed by atoms with Gasteiger partial charge in [-0.15, -0.1) is 0 Å². The van der Waals surface area contributed by atoms with Gasteiger partial charge in [0.05, 0.1) is 23.5 Å². The van der Waals surface area contributed by atoms with Crippen LogP contribution in [-0.2, 0) is 28.5 Å². The summed E-state index contributed by atoms with van der Waals surface area (Å²) >= 11 is 0. The summed E-state index contributed by atoms with van der Waals surface area (Å²) in [4.78, 5) is 24.5. The summed E-state index contributed by atoms with van der Waals surface area (Å²) in [5.74, 6) is -2.90. The minimum Gasteiger partial charge on any atom is -0.461 e. The summed E-state index contributed by atoms with van der Waals surface area (Å²) in [5.41, 5.74) is -0.0672. The first-order valence-corrected chi connectivity index (χ1v) is 9.25. The molecule has 6 atom stereocenters. The number of rotatable bonds is 3. The quantitative estimate of drug-likeness (QED) is 0.454. The number of hydrogen-bond acceptors (Lipinski definition) is 7. The minimum absolute atomic E-state index is 0.190. The zero-order valence-electron chi connectivity index (χ0n) is 16.5. The van der Waals surface area contributed by atoms with Crippen LogP contribution in [0.1, 0.15) is 40.5 Å². The maximum absolute atomic E-state index is 12.3. The van der Waals surface area contributed by atoms with Gasteiger partial charge < -0.3 is 24.1 Å². The van der Waals surface area contributed by atoms with Gasteiger partial charge in [-0.05, 0) is 25.5 Å². The zero-order chi connectivity index (χ0) is 20.1. The zero-order valence-corrected chi connectivity index (χ0v) is 16.5. The van der Waals surface area contributed by atoms with E-state index in [2.05, 4.69) is 6.58 Å². The summed E-state index contributed by atoms with van der Waals surface area (Å²) in [6, 6.07) is 0. The van der Waals surface area contributed by atoms with E-state index in [1.165, 1.54) is 7.11 Å². The van der Waals surface area contributed by atoms with E-state index < -0.39 is 41.6 Å². The molecular formula is C20H28O7. The number of methoxy groups -OCH3 is 1. The second-order valence-corrected chi connectivity index (χ2v) is 8.20. The third kappa shape index (κ3) is 3.22. The minimum atomic E-state index is -1.12. The van der Waals surface area contributed by atoms with Gasteiger partial charge in [0, 0.05) is 25.5 Å². The Morgan fingerprint density at radius 1 is 1.41 bits per heavy atom. The summed E-state index contributed by atoms with van der Waals surface area (Å²) in [5, 5.41) is 10.7. The molecule has 0 amide bonds. The Bertz CT molecular complexity index is 696. The summed E-state index contributed by atoms with van der Waals surface area (Å²) < 4.78 is 23.1. The van der Waals surface area contributed by atoms with Crippen molar-refractivity contribution in [3.63, 3.8) is 0 Å². The van der Waals surface area contributed by atoms with E-state index in [1.807, 2.05) is 6.92 Å². The highest BCUT2D eigenvalue weighted by Gasteiger charge is 2.59. The average molecular weight is 380 g/mol. The molecule has 3 rings (SSSR count). The molecule has 7 nitrogen and oxygen atoms in total. The van der Waals surface area contributed by atoms with Crippen molar-refractivity contribution in [3.05, 3.63) is 23.8 Å². The van der Waals surface area contributed by atoms with E-state index in [0.717, 1.165) is 0 Å². The molecule has 7 heteroatoms. The largest absolute Gasteiger partial charge is 0.461 e. The van der Waals surface area contributed by atoms with E-state index in [1.54, 1.807) is 26.8 Å². The van der Waals surface area contributed by atoms with Gasteiger partial charge in [0.15, 0.2) is 5.79 Å². The van der Waals surface area contributed by atoms with Crippen LogP contribution in [0.15, 0.2) is 23.8 Å². The van der Waals surface area contributed by atoms with Gasteiger partial charge in [-0.1, -0.05) is 20.4 Å². The van der Waals surface area contributed by atoms with Crippen LogP contribution in [0.4, 0.5) is 0 Å². The lowest BCUT2D eigenvalue weighted by Crippen LogP contribution is -2.45. The van der Waals surface area contributed by atoms with Gasteiger partial charge in [0.2, 0.25) is 0 Å². The molecule has 0 radical (unpaired) electrons. The summed E-state index contributed by atoms with van der Waals surface area (Å²) in [7, 11) is 1.51. The molecule has 3 heterocycles. The molecular weight excluding hydrogens is 352 g/mol. The highest BCUT2D eigenvalue weighted by Crippen LogP contribution is 2.49. The van der Waals surface area contributed by atoms with Crippen molar-refractivity contribution in [2.75, 3.05) is 7.11 Å². The smallest absolute Gasteiger partial charge is 0.334 e. The molecule has 2 bridgehead atoms. The van der Waals surface area contributed by atoms with Crippen LogP contribution in [-0.4, -0.2) is 53.9 Å². The van der Waals surface area contributed by atoms with Gasteiger partial charge in [-0.3, -0.25) is 4.79 Å². The number of aliphatic hydroxyl groups excluding tert-OH is 1. The van der Waals surface area contributed by atoms with Crippen molar-refractivity contribution in [2.24, 2.45) is 11.8 Å². The number of aliphatic hydroxyl groups is 1. The highest BCUT2D eigenvalue weighted by atomic mass is 16.7. The second kappa shape index (κ2) is 6.72. The van der Waals surface area contributed by atoms with Gasteiger partial charge in [-0.25, -0.2) is 4.79 Å². The van der Waals surface area contributed by atoms with E-state index in [9.17, 15) is 14.7 Å². The third-order valence-corrected chi connectivity index (χ3v) is 5.92. The number of fused-ring (bicyclic) bond motifs is 3. The van der Waals surface area contributed by atoms with Crippen molar-refractivity contribution in [1.29, 1.82) is 0 Å². The Balaban J connectivity index is 2.08. The van der Waals surface area contributed by atoms with Gasteiger partial charge in [-0.2, -0.15) is 0 Å². The third-order valence-electron chi connectivity index (χ3n) is 5.92. The van der Waals surface area contributed by atoms with E-state index >= 15 is 0 Å². The number of esters is 2. The molecule has 150 valence electrons. The molecule has 3 aliphatic heterocycles. The first-order chi connectivity index (χ1) is 12.5. The lowest BCUT2D eigenvalue weighted by molar-refractivity contribution is -0.223. The van der Waals surface area contributed by atoms with Crippen molar-refractivity contribution < 1.29 is 33.6 Å². The molecule has 0 aromatic heterocycles. The Morgan fingerprint density at radius 2 is 2.07 bits per heavy atom. The average Bonchev–Trinajstić information content (AvgIpc) is 3.01. The first kappa shape index (κ1) is 20.0. The Hall–Kier alpha value is -1.70. The van der Waals surface area contributed by atoms with Crippen molar-refractivity contribution >= 4 is 11.9 Å². The topological polar surface area (TPSA) is 91.3 Å². The molecule has 2 fully saturated rings. The maximum atomic E-state index is 12.3. The predicted molar refractivity (Wildman–Crippen MR) is 95.5 cm³/mol. The van der Waals surface area contributed by atoms with Crippen LogP contribution >= 0.6 is 0 Å². The lowest BCUT2D eigenvalue weighted by atomic mass is 9.80. The maximum Gasteiger partial charge on any atom is 0.334 e. The van der Waals surface area contributed by atoms with Crippen LogP contribution in [0.25, 0.3) is 0 Å². The van der Waals surface area contributed by atoms with Crippen molar-refractivity contribution in [1.82, 2.24) is 0 Å². The van der Waals surface area contributed by atoms with Crippen molar-refractivity contribution in [2.45, 2.75) is 70.2 Å². The van der Waals surface area contributed by atoms with E-state index in [0.29, 0.717) is 5.57 Å². The number of carbonyl (C=O) groups excluding carboxylic acids is 2. The fourth-order valence-electron chi connectivity index (χ4n) is 4.14. The van der Waals surface area contributed by atoms with Gasteiger partial charge in [0.25, 0.3) is 0 Å². The predicted octanol–water partition coefficient (Wildman–Crippen LogP) is 1.88. The standard InChI is InChI=1S/C20H28O7/c1-10(2)17(22)26-14-8-19(5)15(21)9-20(24-6,27-19)11(3)7-13-16(14)12(4)18(23)25-13/h7,10,13-16,21H,4,8-9H2,1-3,5-6H3/b11-7-/t13-,14-,15+,16-,19-,20+/m1/s1. The molecule has 0 aromatic rings. The molecule has 0 spiro atoms. The Morgan fingerprint density at radius 3 is 2.67 bits per heavy atom. The molecule has 0 aliphatic carbocycles. The van der Waals surface area contributed by atoms with Crippen molar-refractivity contribution in [3.8, 4) is 0 Å². The van der Waals surface area contributed by atoms with Gasteiger partial charge >= 0.3 is 11.9 Å². The lowest BCUT2D eigenvalue weighted by Gasteiger charge is -2.35. The molecule has 27 heavy (non-hydrogen) atoms. The van der Waals surface area contributed by atoms with Crippen LogP contribution in [0, 0.1) is 11.8 Å². The monoisotopic (exact) mass is 380 g/mol. The molecule has 0 unspecified atom stereocenters. The fraction of sp³-hybridized carbons (Fsp3) is 0.700. The van der Waals surface area contributed by atoms with E-state index in [4.69, 9.17) is 18.9 Å². The normalized spacial score (nSPS) is 43.3. The van der Waals surface area contributed by atoms with E-state index in [-0.39, 0.29) is 30.3 Å². The SMILES string of the molecule is C=C1C(=O)O[C@@H]2/C=C(/C)[C@]3(OC)C[C@H](O)[C@@](C)(C[C@@H](OC(=O)C(C)C)[C@H]12)O3. The van der Waals surface area contributed by atoms with Crippen LogP contribution < -0.4 is 0 Å². The van der Waals surface area contributed by atoms with Crippen LogP contribution in [0.5, 0.6) is 0 Å². The highest BCUT2D eigenvalue weighted by molar-refractivity contribution is 5.91. The molecule has 0 saturated carbocycles. The fourth-order valence-corrected chi connectivity index (χ4v) is 4.14. The van der Waals surface area contributed by atoms with Crippen LogP contribution in [0.2, 0.25) is 0 Å². The molecule has 3 aliphatic rings. The van der Waals surface area contributed by atoms with Crippen LogP contribution in [0.3, 0.4) is 0 Å². The van der Waals surface area contributed by atoms with Gasteiger partial charge in [0.1, 0.15) is 12.2 Å². The second-order valence-electron chi connectivity index (χ2n) is 8.20. The molecule has 2 saturated heterocycles. The number of ether oxygens (including phenoxy) is 4. The molecule has 1 N–H and O–H groups in total. The molecule has 0 aromatic carbocycles. The number of carbonyl (C=O) groups is 2.